The third kappa shape index (κ3) is 2.76. The lowest BCUT2D eigenvalue weighted by Crippen LogP contribution is -2.33. The van der Waals surface area contributed by atoms with E-state index >= 15 is 0 Å². The molecule has 0 aromatic heterocycles. The van der Waals surface area contributed by atoms with E-state index in [1.165, 1.54) is 18.4 Å². The van der Waals surface area contributed by atoms with Gasteiger partial charge in [0.15, 0.2) is 0 Å². The van der Waals surface area contributed by atoms with Gasteiger partial charge in [-0.05, 0) is 37.0 Å². The van der Waals surface area contributed by atoms with Crippen molar-refractivity contribution in [2.45, 2.75) is 44.6 Å². The predicted octanol–water partition coefficient (Wildman–Crippen LogP) is 3.13. The van der Waals surface area contributed by atoms with Crippen molar-refractivity contribution in [3.8, 4) is 0 Å². The second-order valence-electron chi connectivity index (χ2n) is 5.93. The van der Waals surface area contributed by atoms with Crippen molar-refractivity contribution in [2.75, 3.05) is 18.0 Å². The Morgan fingerprint density at radius 3 is 2.95 bits per heavy atom. The van der Waals surface area contributed by atoms with Gasteiger partial charge in [0.1, 0.15) is 5.82 Å². The van der Waals surface area contributed by atoms with E-state index in [0.29, 0.717) is 5.92 Å². The Morgan fingerprint density at radius 2 is 2.05 bits per heavy atom. The minimum absolute atomic E-state index is 0.160. The van der Waals surface area contributed by atoms with Crippen LogP contribution in [0.4, 0.5) is 10.1 Å². The van der Waals surface area contributed by atoms with Crippen molar-refractivity contribution in [3.05, 3.63) is 29.6 Å². The molecule has 1 saturated carbocycles. The number of hydrogen-bond acceptors (Lipinski definition) is 2. The molecule has 1 heterocycles. The highest BCUT2D eigenvalue weighted by atomic mass is 19.1. The summed E-state index contributed by atoms with van der Waals surface area (Å²) in [7, 11) is 0. The van der Waals surface area contributed by atoms with Crippen molar-refractivity contribution in [2.24, 2.45) is 5.92 Å². The van der Waals surface area contributed by atoms with Gasteiger partial charge in [-0.25, -0.2) is 4.39 Å². The monoisotopic (exact) mass is 263 g/mol. The van der Waals surface area contributed by atoms with Crippen LogP contribution in [0.25, 0.3) is 0 Å². The smallest absolute Gasteiger partial charge is 0.125 e. The van der Waals surface area contributed by atoms with Crippen LogP contribution in [0.3, 0.4) is 0 Å². The zero-order valence-electron chi connectivity index (χ0n) is 11.3. The number of anilines is 1. The fourth-order valence-corrected chi connectivity index (χ4v) is 3.47. The summed E-state index contributed by atoms with van der Waals surface area (Å²) in [4.78, 5) is 2.26. The molecular weight excluding hydrogens is 241 g/mol. The number of benzene rings is 1. The van der Waals surface area contributed by atoms with Gasteiger partial charge in [0.05, 0.1) is 6.10 Å². The average molecular weight is 263 g/mol. The third-order valence-corrected chi connectivity index (χ3v) is 4.61. The van der Waals surface area contributed by atoms with E-state index < -0.39 is 0 Å². The summed E-state index contributed by atoms with van der Waals surface area (Å²) >= 11 is 0. The molecule has 1 aromatic rings. The Bertz CT molecular complexity index is 448. The lowest BCUT2D eigenvalue weighted by Gasteiger charge is -2.28. The van der Waals surface area contributed by atoms with Gasteiger partial charge < -0.3 is 10.0 Å². The van der Waals surface area contributed by atoms with Crippen molar-refractivity contribution in [1.82, 2.24) is 0 Å². The van der Waals surface area contributed by atoms with Crippen LogP contribution in [0.1, 0.15) is 37.7 Å². The number of aliphatic hydroxyl groups excluding tert-OH is 1. The minimum Gasteiger partial charge on any atom is -0.393 e. The molecule has 2 atom stereocenters. The number of fused-ring (bicyclic) bond motifs is 1. The molecule has 0 spiro atoms. The first-order valence-electron chi connectivity index (χ1n) is 7.45. The topological polar surface area (TPSA) is 23.5 Å². The molecule has 0 radical (unpaired) electrons. The van der Waals surface area contributed by atoms with Gasteiger partial charge in [0.2, 0.25) is 0 Å². The van der Waals surface area contributed by atoms with E-state index in [2.05, 4.69) is 4.90 Å². The molecule has 0 bridgehead atoms. The van der Waals surface area contributed by atoms with Gasteiger partial charge in [-0.3, -0.25) is 0 Å². The molecule has 1 fully saturated rings. The molecule has 3 heteroatoms. The largest absolute Gasteiger partial charge is 0.393 e. The standard InChI is InChI=1S/C16H22FNO/c17-14-7-6-12-8-9-18(15(12)10-14)11-13-4-2-1-3-5-16(13)19/h6-7,10,13,16,19H,1-5,8-9,11H2. The van der Waals surface area contributed by atoms with Crippen LogP contribution >= 0.6 is 0 Å². The SMILES string of the molecule is OC1CCCCCC1CN1CCc2ccc(F)cc21. The zero-order valence-corrected chi connectivity index (χ0v) is 11.3. The van der Waals surface area contributed by atoms with Gasteiger partial charge >= 0.3 is 0 Å². The van der Waals surface area contributed by atoms with Crippen LogP contribution in [0.2, 0.25) is 0 Å². The number of nitrogens with zero attached hydrogens (tertiary/aromatic N) is 1. The molecule has 1 N–H and O–H groups in total. The fourth-order valence-electron chi connectivity index (χ4n) is 3.47. The Morgan fingerprint density at radius 1 is 1.21 bits per heavy atom. The maximum atomic E-state index is 13.4. The minimum atomic E-state index is -0.180. The van der Waals surface area contributed by atoms with Crippen molar-refractivity contribution >= 4 is 5.69 Å². The van der Waals surface area contributed by atoms with E-state index in [9.17, 15) is 9.50 Å². The first kappa shape index (κ1) is 12.9. The third-order valence-electron chi connectivity index (χ3n) is 4.61. The van der Waals surface area contributed by atoms with Gasteiger partial charge in [0.25, 0.3) is 0 Å². The van der Waals surface area contributed by atoms with E-state index in [1.54, 1.807) is 12.1 Å². The highest BCUT2D eigenvalue weighted by Crippen LogP contribution is 2.32. The fraction of sp³-hybridized carbons (Fsp3) is 0.625. The molecule has 2 nitrogen and oxygen atoms in total. The normalized spacial score (nSPS) is 27.2. The van der Waals surface area contributed by atoms with E-state index in [1.807, 2.05) is 6.07 Å². The molecule has 104 valence electrons. The highest BCUT2D eigenvalue weighted by molar-refractivity contribution is 5.58. The van der Waals surface area contributed by atoms with Crippen LogP contribution in [-0.4, -0.2) is 24.3 Å². The Labute approximate surface area is 114 Å². The summed E-state index contributed by atoms with van der Waals surface area (Å²) in [6, 6.07) is 5.09. The summed E-state index contributed by atoms with van der Waals surface area (Å²) in [5.74, 6) is 0.184. The van der Waals surface area contributed by atoms with Gasteiger partial charge in [-0.15, -0.1) is 0 Å². The lowest BCUT2D eigenvalue weighted by atomic mass is 9.96. The molecule has 2 unspecified atom stereocenters. The van der Waals surface area contributed by atoms with Crippen molar-refractivity contribution in [1.29, 1.82) is 0 Å². The lowest BCUT2D eigenvalue weighted by molar-refractivity contribution is 0.104. The first-order valence-corrected chi connectivity index (χ1v) is 7.45. The summed E-state index contributed by atoms with van der Waals surface area (Å²) in [6.45, 7) is 1.83. The van der Waals surface area contributed by atoms with Crippen LogP contribution in [0.5, 0.6) is 0 Å². The highest BCUT2D eigenvalue weighted by Gasteiger charge is 2.27. The van der Waals surface area contributed by atoms with Crippen molar-refractivity contribution < 1.29 is 9.50 Å². The van der Waals surface area contributed by atoms with Gasteiger partial charge in [-0.1, -0.05) is 25.3 Å². The maximum absolute atomic E-state index is 13.4. The molecule has 1 aromatic carbocycles. The number of aliphatic hydroxyl groups is 1. The second-order valence-corrected chi connectivity index (χ2v) is 5.93. The first-order chi connectivity index (χ1) is 9.24. The summed E-state index contributed by atoms with van der Waals surface area (Å²) in [6.07, 6.45) is 6.43. The number of rotatable bonds is 2. The zero-order chi connectivity index (χ0) is 13.2. The summed E-state index contributed by atoms with van der Waals surface area (Å²) in [5.41, 5.74) is 2.28. The molecular formula is C16H22FNO. The van der Waals surface area contributed by atoms with Crippen LogP contribution in [0.15, 0.2) is 18.2 Å². The summed E-state index contributed by atoms with van der Waals surface area (Å²) in [5, 5.41) is 10.2. The quantitative estimate of drug-likeness (QED) is 0.829. The predicted molar refractivity (Wildman–Crippen MR) is 74.9 cm³/mol. The maximum Gasteiger partial charge on any atom is 0.125 e. The van der Waals surface area contributed by atoms with E-state index in [-0.39, 0.29) is 11.9 Å². The molecule has 0 saturated heterocycles. The molecule has 0 amide bonds. The number of hydrogen-bond donors (Lipinski definition) is 1. The van der Waals surface area contributed by atoms with Crippen molar-refractivity contribution in [3.63, 3.8) is 0 Å². The average Bonchev–Trinajstić information content (AvgIpc) is 2.67. The van der Waals surface area contributed by atoms with Crippen LogP contribution < -0.4 is 4.90 Å². The summed E-state index contributed by atoms with van der Waals surface area (Å²) < 4.78 is 13.4. The van der Waals surface area contributed by atoms with Gasteiger partial charge in [0, 0.05) is 24.7 Å². The van der Waals surface area contributed by atoms with E-state index in [0.717, 1.165) is 44.5 Å². The Balaban J connectivity index is 1.73. The molecule has 19 heavy (non-hydrogen) atoms. The molecule has 1 aliphatic heterocycles. The Hall–Kier alpha value is -1.09. The molecule has 1 aliphatic carbocycles. The Kier molecular flexibility index (Phi) is 3.74. The molecule has 2 aliphatic rings. The van der Waals surface area contributed by atoms with Crippen LogP contribution in [0, 0.1) is 11.7 Å². The van der Waals surface area contributed by atoms with E-state index in [4.69, 9.17) is 0 Å². The van der Waals surface area contributed by atoms with Crippen LogP contribution in [-0.2, 0) is 6.42 Å². The van der Waals surface area contributed by atoms with Gasteiger partial charge in [-0.2, -0.15) is 0 Å². The molecule has 3 rings (SSSR count). The second kappa shape index (κ2) is 5.49. The number of halogens is 1.